The van der Waals surface area contributed by atoms with Gasteiger partial charge in [0.1, 0.15) is 6.10 Å². The van der Waals surface area contributed by atoms with Crippen LogP contribution in [-0.2, 0) is 21.4 Å². The number of ether oxygens (including phenoxy) is 1. The molecule has 0 spiro atoms. The van der Waals surface area contributed by atoms with Crippen molar-refractivity contribution in [1.29, 1.82) is 0 Å². The number of aryl methyl sites for hydroxylation is 1. The average molecular weight is 429 g/mol. The molecule has 0 saturated heterocycles. The Morgan fingerprint density at radius 3 is 2.52 bits per heavy atom. The molecule has 1 heterocycles. The molecule has 3 saturated carbocycles. The van der Waals surface area contributed by atoms with E-state index in [1.807, 2.05) is 12.5 Å². The van der Waals surface area contributed by atoms with Gasteiger partial charge in [0.25, 0.3) is 0 Å². The quantitative estimate of drug-likeness (QED) is 0.618. The van der Waals surface area contributed by atoms with Crippen LogP contribution in [0.1, 0.15) is 90.7 Å². The molecule has 1 aromatic heterocycles. The lowest BCUT2D eigenvalue weighted by Gasteiger charge is -2.70. The number of hydrogen-bond acceptors (Lipinski definition) is 4. The normalized spacial score (nSPS) is 48.7. The summed E-state index contributed by atoms with van der Waals surface area (Å²) in [6.07, 6.45) is 12.7. The summed E-state index contributed by atoms with van der Waals surface area (Å²) in [6, 6.07) is 0. The third-order valence-corrected chi connectivity index (χ3v) is 11.0. The zero-order chi connectivity index (χ0) is 22.2. The zero-order valence-electron chi connectivity index (χ0n) is 20.0. The minimum atomic E-state index is -0.199. The SMILES string of the molecule is CC(=O)O[C@H]1C[C@@H]2[C@@]3(C)CCC[C@@](C)(CO)[C@@H]3CC[C@@]2(C)[C@@H]2CCc3cocc3[C@@]12C. The van der Waals surface area contributed by atoms with Crippen molar-refractivity contribution >= 4 is 5.97 Å². The van der Waals surface area contributed by atoms with Crippen molar-refractivity contribution in [2.24, 2.45) is 34.0 Å². The van der Waals surface area contributed by atoms with Crippen LogP contribution in [0, 0.1) is 34.0 Å². The van der Waals surface area contributed by atoms with E-state index in [0.29, 0.717) is 17.8 Å². The van der Waals surface area contributed by atoms with Gasteiger partial charge in [0.05, 0.1) is 12.5 Å². The molecule has 0 radical (unpaired) electrons. The highest BCUT2D eigenvalue weighted by molar-refractivity contribution is 5.66. The fraction of sp³-hybridized carbons (Fsp3) is 0.815. The fourth-order valence-electron chi connectivity index (χ4n) is 9.66. The van der Waals surface area contributed by atoms with E-state index < -0.39 is 0 Å². The van der Waals surface area contributed by atoms with E-state index in [-0.39, 0.29) is 40.3 Å². The molecule has 0 aliphatic heterocycles. The van der Waals surface area contributed by atoms with Crippen LogP contribution in [0.15, 0.2) is 16.9 Å². The molecule has 1 aromatic rings. The number of fused-ring (bicyclic) bond motifs is 7. The van der Waals surface area contributed by atoms with Gasteiger partial charge in [-0.15, -0.1) is 0 Å². The Balaban J connectivity index is 1.63. The van der Waals surface area contributed by atoms with Crippen LogP contribution in [0.3, 0.4) is 0 Å². The van der Waals surface area contributed by atoms with Gasteiger partial charge in [-0.05, 0) is 84.5 Å². The van der Waals surface area contributed by atoms with Gasteiger partial charge in [-0.25, -0.2) is 0 Å². The highest BCUT2D eigenvalue weighted by Crippen LogP contribution is 2.72. The third kappa shape index (κ3) is 2.72. The first-order valence-electron chi connectivity index (χ1n) is 12.4. The lowest BCUT2D eigenvalue weighted by molar-refractivity contribution is -0.220. The van der Waals surface area contributed by atoms with E-state index in [0.717, 1.165) is 25.7 Å². The Labute approximate surface area is 187 Å². The van der Waals surface area contributed by atoms with E-state index in [4.69, 9.17) is 9.15 Å². The average Bonchev–Trinajstić information content (AvgIpc) is 3.19. The summed E-state index contributed by atoms with van der Waals surface area (Å²) in [5, 5.41) is 10.4. The molecule has 0 aromatic carbocycles. The number of carbonyl (C=O) groups is 1. The van der Waals surface area contributed by atoms with Crippen LogP contribution < -0.4 is 0 Å². The van der Waals surface area contributed by atoms with E-state index in [9.17, 15) is 9.90 Å². The molecule has 0 amide bonds. The van der Waals surface area contributed by atoms with Crippen LogP contribution in [-0.4, -0.2) is 23.8 Å². The molecule has 1 N–H and O–H groups in total. The highest BCUT2D eigenvalue weighted by Gasteiger charge is 2.68. The molecule has 3 fully saturated rings. The van der Waals surface area contributed by atoms with Gasteiger partial charge < -0.3 is 14.3 Å². The molecule has 31 heavy (non-hydrogen) atoms. The summed E-state index contributed by atoms with van der Waals surface area (Å²) in [5.74, 6) is 1.33. The molecule has 172 valence electrons. The van der Waals surface area contributed by atoms with Gasteiger partial charge in [0.15, 0.2) is 0 Å². The Bertz CT molecular complexity index is 874. The predicted molar refractivity (Wildman–Crippen MR) is 120 cm³/mol. The number of aliphatic hydroxyl groups excluding tert-OH is 1. The number of hydrogen-bond donors (Lipinski definition) is 1. The lowest BCUT2D eigenvalue weighted by atomic mass is 9.35. The summed E-state index contributed by atoms with van der Waals surface area (Å²) in [5.41, 5.74) is 2.76. The number of rotatable bonds is 2. The summed E-state index contributed by atoms with van der Waals surface area (Å²) in [4.78, 5) is 12.3. The van der Waals surface area contributed by atoms with Gasteiger partial charge in [0, 0.05) is 24.5 Å². The molecule has 4 nitrogen and oxygen atoms in total. The summed E-state index contributed by atoms with van der Waals surface area (Å²) >= 11 is 0. The highest BCUT2D eigenvalue weighted by atomic mass is 16.5. The standard InChI is InChI=1S/C27H40O4/c1-17(29)31-23-13-22-25(3)11-6-10-24(2,16-28)20(25)9-12-26(22,4)21-8-7-18-14-30-15-19(18)27(21,23)5/h14-15,20-23,28H,6-13,16H2,1-5H3/t20-,21-,22+,23-,24-,25-,26-,27+/m0/s1. The van der Waals surface area contributed by atoms with Gasteiger partial charge in [0.2, 0.25) is 0 Å². The van der Waals surface area contributed by atoms with E-state index in [1.54, 1.807) is 6.92 Å². The molecule has 0 bridgehead atoms. The molecule has 0 unspecified atom stereocenters. The minimum absolute atomic E-state index is 0.0102. The van der Waals surface area contributed by atoms with Crippen molar-refractivity contribution in [3.05, 3.63) is 23.7 Å². The molecule has 4 aliphatic rings. The first-order chi connectivity index (χ1) is 14.6. The Kier molecular flexibility index (Phi) is 4.77. The predicted octanol–water partition coefficient (Wildman–Crippen LogP) is 5.66. The first kappa shape index (κ1) is 21.6. The van der Waals surface area contributed by atoms with Crippen LogP contribution in [0.25, 0.3) is 0 Å². The van der Waals surface area contributed by atoms with Crippen LogP contribution in [0.2, 0.25) is 0 Å². The fourth-order valence-corrected chi connectivity index (χ4v) is 9.66. The largest absolute Gasteiger partial charge is 0.472 e. The molecule has 4 heteroatoms. The Hall–Kier alpha value is -1.29. The van der Waals surface area contributed by atoms with E-state index in [2.05, 4.69) is 27.7 Å². The first-order valence-corrected chi connectivity index (χ1v) is 12.4. The maximum Gasteiger partial charge on any atom is 0.302 e. The van der Waals surface area contributed by atoms with Crippen LogP contribution in [0.4, 0.5) is 0 Å². The molecule has 4 aliphatic carbocycles. The second-order valence-corrected chi connectivity index (χ2v) is 12.3. The molecule has 5 rings (SSSR count). The van der Waals surface area contributed by atoms with Gasteiger partial charge >= 0.3 is 5.97 Å². The molecular formula is C27H40O4. The molecular weight excluding hydrogens is 388 g/mol. The van der Waals surface area contributed by atoms with Gasteiger partial charge in [-0.1, -0.05) is 34.1 Å². The number of furan rings is 1. The van der Waals surface area contributed by atoms with Crippen molar-refractivity contribution in [3.63, 3.8) is 0 Å². The number of aliphatic hydroxyl groups is 1. The Morgan fingerprint density at radius 2 is 1.81 bits per heavy atom. The maximum absolute atomic E-state index is 12.3. The zero-order valence-corrected chi connectivity index (χ0v) is 20.0. The van der Waals surface area contributed by atoms with Crippen molar-refractivity contribution in [1.82, 2.24) is 0 Å². The second-order valence-electron chi connectivity index (χ2n) is 12.3. The smallest absolute Gasteiger partial charge is 0.302 e. The third-order valence-electron chi connectivity index (χ3n) is 11.0. The van der Waals surface area contributed by atoms with Crippen LogP contribution >= 0.6 is 0 Å². The van der Waals surface area contributed by atoms with Crippen molar-refractivity contribution in [2.45, 2.75) is 97.5 Å². The Morgan fingerprint density at radius 1 is 1.06 bits per heavy atom. The van der Waals surface area contributed by atoms with Gasteiger partial charge in [-0.2, -0.15) is 0 Å². The lowest BCUT2D eigenvalue weighted by Crippen LogP contribution is -2.67. The van der Waals surface area contributed by atoms with Crippen molar-refractivity contribution in [2.75, 3.05) is 6.61 Å². The monoisotopic (exact) mass is 428 g/mol. The number of esters is 1. The number of carbonyl (C=O) groups excluding carboxylic acids is 1. The topological polar surface area (TPSA) is 59.7 Å². The summed E-state index contributed by atoms with van der Waals surface area (Å²) < 4.78 is 11.8. The summed E-state index contributed by atoms with van der Waals surface area (Å²) in [7, 11) is 0. The van der Waals surface area contributed by atoms with E-state index in [1.165, 1.54) is 36.8 Å². The second kappa shape index (κ2) is 6.85. The molecule has 8 atom stereocenters. The van der Waals surface area contributed by atoms with Gasteiger partial charge in [-0.3, -0.25) is 4.79 Å². The van der Waals surface area contributed by atoms with Crippen molar-refractivity contribution < 1.29 is 19.1 Å². The minimum Gasteiger partial charge on any atom is -0.472 e. The summed E-state index contributed by atoms with van der Waals surface area (Å²) in [6.45, 7) is 11.5. The van der Waals surface area contributed by atoms with Crippen LogP contribution in [0.5, 0.6) is 0 Å². The van der Waals surface area contributed by atoms with E-state index >= 15 is 0 Å². The van der Waals surface area contributed by atoms with Crippen molar-refractivity contribution in [3.8, 4) is 0 Å². The maximum atomic E-state index is 12.3.